The summed E-state index contributed by atoms with van der Waals surface area (Å²) in [5, 5.41) is 15.5. The van der Waals surface area contributed by atoms with Crippen LogP contribution in [0.3, 0.4) is 0 Å². The molecule has 8 heteroatoms. The normalized spacial score (nSPS) is 18.4. The molecule has 1 fully saturated rings. The largest absolute Gasteiger partial charge is 0.378 e. The van der Waals surface area contributed by atoms with Crippen LogP contribution in [-0.4, -0.2) is 47.3 Å². The van der Waals surface area contributed by atoms with E-state index in [2.05, 4.69) is 20.4 Å². The van der Waals surface area contributed by atoms with Crippen molar-refractivity contribution in [1.29, 1.82) is 0 Å². The minimum Gasteiger partial charge on any atom is -0.378 e. The second-order valence-corrected chi connectivity index (χ2v) is 7.08. The molecule has 154 valence electrons. The Labute approximate surface area is 174 Å². The van der Waals surface area contributed by atoms with E-state index in [0.29, 0.717) is 19.0 Å². The van der Waals surface area contributed by atoms with E-state index in [0.717, 1.165) is 48.3 Å². The molecule has 0 radical (unpaired) electrons. The zero-order chi connectivity index (χ0) is 20.8. The first-order chi connectivity index (χ1) is 14.7. The first-order valence-electron chi connectivity index (χ1n) is 9.92. The van der Waals surface area contributed by atoms with Crippen molar-refractivity contribution in [3.63, 3.8) is 0 Å². The summed E-state index contributed by atoms with van der Waals surface area (Å²) in [5.41, 5.74) is 7.34. The van der Waals surface area contributed by atoms with E-state index >= 15 is 0 Å². The number of aromatic nitrogens is 1. The van der Waals surface area contributed by atoms with Gasteiger partial charge in [-0.25, -0.2) is 4.98 Å². The average molecular weight is 405 g/mol. The minimum absolute atomic E-state index is 0.0978. The number of morpholine rings is 1. The first kappa shape index (κ1) is 19.8. The summed E-state index contributed by atoms with van der Waals surface area (Å²) in [4.78, 5) is 17.3. The number of allylic oxidation sites excluding steroid dienone is 2. The molecule has 1 aromatic carbocycles. The predicted octanol–water partition coefficient (Wildman–Crippen LogP) is 3.85. The molecule has 0 saturated carbocycles. The maximum Gasteiger partial charge on any atom is 0.270 e. The van der Waals surface area contributed by atoms with E-state index in [1.807, 2.05) is 36.6 Å². The van der Waals surface area contributed by atoms with Crippen LogP contribution in [0.5, 0.6) is 0 Å². The molecule has 0 atom stereocenters. The number of benzene rings is 1. The molecule has 2 aromatic rings. The predicted molar refractivity (Wildman–Crippen MR) is 116 cm³/mol. The highest BCUT2D eigenvalue weighted by atomic mass is 16.6. The maximum absolute atomic E-state index is 11.1. The molecule has 1 saturated heterocycles. The van der Waals surface area contributed by atoms with Crippen LogP contribution in [0.25, 0.3) is 6.08 Å². The fourth-order valence-corrected chi connectivity index (χ4v) is 3.71. The molecule has 30 heavy (non-hydrogen) atoms. The van der Waals surface area contributed by atoms with Crippen molar-refractivity contribution < 1.29 is 9.66 Å². The number of hydrazone groups is 1. The lowest BCUT2D eigenvalue weighted by atomic mass is 10.1. The van der Waals surface area contributed by atoms with Gasteiger partial charge in [-0.15, -0.1) is 0 Å². The molecule has 2 heterocycles. The van der Waals surface area contributed by atoms with Crippen LogP contribution in [0.15, 0.2) is 70.6 Å². The number of nitrogens with one attached hydrogen (secondary N) is 1. The maximum atomic E-state index is 11.1. The topological polar surface area (TPSA) is 92.9 Å². The van der Waals surface area contributed by atoms with Crippen LogP contribution in [0.2, 0.25) is 0 Å². The minimum atomic E-state index is -0.364. The van der Waals surface area contributed by atoms with Crippen LogP contribution in [0.4, 0.5) is 11.5 Å². The Balaban J connectivity index is 1.63. The Hall–Kier alpha value is -3.52. The summed E-state index contributed by atoms with van der Waals surface area (Å²) >= 11 is 0. The summed E-state index contributed by atoms with van der Waals surface area (Å²) in [6, 6.07) is 12.4. The fourth-order valence-electron chi connectivity index (χ4n) is 3.71. The fraction of sp³-hybridized carbons (Fsp3) is 0.273. The molecule has 4 rings (SSSR count). The van der Waals surface area contributed by atoms with E-state index in [4.69, 9.17) is 4.74 Å². The molecule has 8 nitrogen and oxygen atoms in total. The number of rotatable bonds is 6. The average Bonchev–Trinajstić information content (AvgIpc) is 3.17. The Morgan fingerprint density at radius 1 is 1.17 bits per heavy atom. The summed E-state index contributed by atoms with van der Waals surface area (Å²) in [5.74, 6) is 0.688. The van der Waals surface area contributed by atoms with Crippen molar-refractivity contribution in [3.8, 4) is 0 Å². The summed E-state index contributed by atoms with van der Waals surface area (Å²) in [7, 11) is 0. The van der Waals surface area contributed by atoms with Gasteiger partial charge in [-0.05, 0) is 47.8 Å². The molecule has 1 aliphatic heterocycles. The molecule has 0 amide bonds. The summed E-state index contributed by atoms with van der Waals surface area (Å²) < 4.78 is 5.52. The third-order valence-corrected chi connectivity index (χ3v) is 5.09. The van der Waals surface area contributed by atoms with Gasteiger partial charge in [0.15, 0.2) is 0 Å². The number of nitro groups is 1. The van der Waals surface area contributed by atoms with Gasteiger partial charge in [0.1, 0.15) is 5.82 Å². The third kappa shape index (κ3) is 4.72. The van der Waals surface area contributed by atoms with Crippen molar-refractivity contribution in [2.75, 3.05) is 31.7 Å². The monoisotopic (exact) mass is 405 g/mol. The summed E-state index contributed by atoms with van der Waals surface area (Å²) in [6.45, 7) is 2.99. The molecule has 2 aliphatic rings. The molecule has 1 N–H and O–H groups in total. The molecule has 1 aliphatic carbocycles. The van der Waals surface area contributed by atoms with Crippen LogP contribution in [-0.2, 0) is 4.74 Å². The number of nitro benzene ring substituents is 1. The number of hydrogen-bond donors (Lipinski definition) is 1. The number of pyridine rings is 1. The first-order valence-corrected chi connectivity index (χ1v) is 9.92. The summed E-state index contributed by atoms with van der Waals surface area (Å²) in [6.07, 6.45) is 7.34. The van der Waals surface area contributed by atoms with Crippen molar-refractivity contribution in [1.82, 2.24) is 9.88 Å². The van der Waals surface area contributed by atoms with Crippen LogP contribution in [0.1, 0.15) is 18.4 Å². The highest BCUT2D eigenvalue weighted by Gasteiger charge is 2.25. The number of non-ortho nitro benzene ring substituents is 1. The van der Waals surface area contributed by atoms with E-state index in [1.165, 1.54) is 6.07 Å². The quantitative estimate of drug-likeness (QED) is 0.446. The lowest BCUT2D eigenvalue weighted by Crippen LogP contribution is -2.36. The van der Waals surface area contributed by atoms with E-state index < -0.39 is 0 Å². The number of nitrogens with zero attached hydrogens (tertiary/aromatic N) is 4. The van der Waals surface area contributed by atoms with Crippen molar-refractivity contribution in [2.24, 2.45) is 5.10 Å². The second-order valence-electron chi connectivity index (χ2n) is 7.08. The van der Waals surface area contributed by atoms with Gasteiger partial charge >= 0.3 is 0 Å². The number of hydrogen-bond acceptors (Lipinski definition) is 7. The Morgan fingerprint density at radius 2 is 2.03 bits per heavy atom. The van der Waals surface area contributed by atoms with E-state index in [9.17, 15) is 10.1 Å². The lowest BCUT2D eigenvalue weighted by Gasteiger charge is -2.31. The highest BCUT2D eigenvalue weighted by molar-refractivity contribution is 5.84. The Kier molecular flexibility index (Phi) is 6.14. The number of ether oxygens (including phenoxy) is 1. The van der Waals surface area contributed by atoms with Gasteiger partial charge in [0.2, 0.25) is 0 Å². The molecular formula is C22H23N5O3. The number of anilines is 1. The van der Waals surface area contributed by atoms with E-state index in [-0.39, 0.29) is 10.6 Å². The second kappa shape index (κ2) is 9.32. The van der Waals surface area contributed by atoms with Gasteiger partial charge in [-0.3, -0.25) is 15.5 Å². The van der Waals surface area contributed by atoms with Gasteiger partial charge in [0.05, 0.1) is 24.4 Å². The van der Waals surface area contributed by atoms with Crippen molar-refractivity contribution >= 4 is 23.8 Å². The zero-order valence-electron chi connectivity index (χ0n) is 16.5. The SMILES string of the molecule is O=[N+]([O-])c1cccc(C=C2CCC(C=NNc3ccccn3)=C2N2CCOCC2)c1. The van der Waals surface area contributed by atoms with Gasteiger partial charge in [0.25, 0.3) is 5.69 Å². The van der Waals surface area contributed by atoms with Gasteiger partial charge in [0, 0.05) is 37.1 Å². The Bertz CT molecular complexity index is 995. The van der Waals surface area contributed by atoms with Crippen molar-refractivity contribution in [3.05, 3.63) is 81.2 Å². The standard InChI is InChI=1S/C22H23N5O3/c28-27(29)20-5-3-4-17(15-20)14-18-7-8-19(22(18)26-10-12-30-13-11-26)16-24-25-21-6-1-2-9-23-21/h1-6,9,14-16H,7-8,10-13H2,(H,23,25). The molecule has 0 bridgehead atoms. The van der Waals surface area contributed by atoms with Crippen LogP contribution < -0.4 is 5.43 Å². The third-order valence-electron chi connectivity index (χ3n) is 5.09. The molecular weight excluding hydrogens is 382 g/mol. The Morgan fingerprint density at radius 3 is 2.80 bits per heavy atom. The van der Waals surface area contributed by atoms with Gasteiger partial charge in [-0.2, -0.15) is 5.10 Å². The van der Waals surface area contributed by atoms with Crippen LogP contribution >= 0.6 is 0 Å². The zero-order valence-corrected chi connectivity index (χ0v) is 16.5. The highest BCUT2D eigenvalue weighted by Crippen LogP contribution is 2.35. The molecule has 0 unspecified atom stereocenters. The molecule has 1 aromatic heterocycles. The lowest BCUT2D eigenvalue weighted by molar-refractivity contribution is -0.384. The van der Waals surface area contributed by atoms with Gasteiger partial charge < -0.3 is 9.64 Å². The van der Waals surface area contributed by atoms with Crippen LogP contribution in [0, 0.1) is 10.1 Å². The molecule has 0 spiro atoms. The van der Waals surface area contributed by atoms with E-state index in [1.54, 1.807) is 18.3 Å². The van der Waals surface area contributed by atoms with Gasteiger partial charge in [-0.1, -0.05) is 18.2 Å². The van der Waals surface area contributed by atoms with Crippen molar-refractivity contribution in [2.45, 2.75) is 12.8 Å². The smallest absolute Gasteiger partial charge is 0.270 e.